The number of hydrogen-bond acceptors (Lipinski definition) is 7. The summed E-state index contributed by atoms with van der Waals surface area (Å²) in [5.41, 5.74) is 8.13. The van der Waals surface area contributed by atoms with Crippen LogP contribution in [0, 0.1) is 12.8 Å². The van der Waals surface area contributed by atoms with Crippen molar-refractivity contribution in [3.8, 4) is 0 Å². The van der Waals surface area contributed by atoms with Gasteiger partial charge in [-0.25, -0.2) is 9.97 Å². The highest BCUT2D eigenvalue weighted by atomic mass is 16.1. The monoisotopic (exact) mass is 411 g/mol. The normalized spacial score (nSPS) is 19.1. The summed E-state index contributed by atoms with van der Waals surface area (Å²) in [4.78, 5) is 28.3. The Morgan fingerprint density at radius 1 is 1.13 bits per heavy atom. The van der Waals surface area contributed by atoms with Crippen molar-refractivity contribution in [3.05, 3.63) is 29.6 Å². The van der Waals surface area contributed by atoms with Crippen molar-refractivity contribution in [1.82, 2.24) is 15.0 Å². The van der Waals surface area contributed by atoms with E-state index in [-0.39, 0.29) is 5.91 Å². The zero-order chi connectivity index (χ0) is 21.5. The summed E-state index contributed by atoms with van der Waals surface area (Å²) in [6.07, 6.45) is 7.33. The molecule has 4 rings (SSSR count). The van der Waals surface area contributed by atoms with Gasteiger partial charge in [0.05, 0.1) is 11.3 Å². The molecule has 0 aromatic carbocycles. The molecule has 2 aliphatic rings. The number of anilines is 4. The van der Waals surface area contributed by atoms with Crippen LogP contribution < -0.4 is 21.3 Å². The highest BCUT2D eigenvalue weighted by molar-refractivity contribution is 6.07. The summed E-state index contributed by atoms with van der Waals surface area (Å²) >= 11 is 0. The number of nitrogens with one attached hydrogen (secondary N) is 2. The minimum atomic E-state index is -0.233. The number of aromatic nitrogens is 3. The number of pyridine rings is 1. The van der Waals surface area contributed by atoms with Gasteiger partial charge in [0.2, 0.25) is 5.95 Å². The van der Waals surface area contributed by atoms with Gasteiger partial charge in [0.25, 0.3) is 5.91 Å². The van der Waals surface area contributed by atoms with Crippen molar-refractivity contribution in [2.24, 2.45) is 5.92 Å². The number of nitrogens with two attached hydrogens (primary N) is 1. The maximum absolute atomic E-state index is 13.0. The third-order valence-corrected chi connectivity index (χ3v) is 5.43. The van der Waals surface area contributed by atoms with E-state index in [2.05, 4.69) is 30.5 Å². The molecule has 1 amide bonds. The SMILES string of the molecule is CC.Cc1cc2nc(n1)NCCCCC1CCCN(C1)c1cc(N)ncc1C(=O)N2. The largest absolute Gasteiger partial charge is 0.384 e. The smallest absolute Gasteiger partial charge is 0.260 e. The minimum Gasteiger partial charge on any atom is -0.384 e. The number of fused-ring (bicyclic) bond motifs is 6. The first-order chi connectivity index (χ1) is 14.6. The quantitative estimate of drug-likeness (QED) is 0.604. The second kappa shape index (κ2) is 10.2. The van der Waals surface area contributed by atoms with Crippen molar-refractivity contribution in [1.29, 1.82) is 0 Å². The van der Waals surface area contributed by atoms with E-state index in [0.29, 0.717) is 29.1 Å². The van der Waals surface area contributed by atoms with Gasteiger partial charge < -0.3 is 21.3 Å². The number of amides is 1. The first-order valence-electron chi connectivity index (χ1n) is 11.0. The number of nitrogen functional groups attached to an aromatic ring is 1. The van der Waals surface area contributed by atoms with Crippen LogP contribution in [0.25, 0.3) is 0 Å². The molecule has 2 aromatic rings. The second-order valence-electron chi connectivity index (χ2n) is 7.68. The van der Waals surface area contributed by atoms with E-state index in [1.165, 1.54) is 12.8 Å². The summed E-state index contributed by atoms with van der Waals surface area (Å²) in [7, 11) is 0. The van der Waals surface area contributed by atoms with Crippen molar-refractivity contribution in [2.75, 3.05) is 40.9 Å². The fourth-order valence-corrected chi connectivity index (χ4v) is 4.07. The van der Waals surface area contributed by atoms with Crippen molar-refractivity contribution >= 4 is 29.2 Å². The summed E-state index contributed by atoms with van der Waals surface area (Å²) in [5, 5.41) is 6.18. The topological polar surface area (TPSA) is 109 Å². The molecule has 8 nitrogen and oxygen atoms in total. The fraction of sp³-hybridized carbons (Fsp3) is 0.545. The zero-order valence-electron chi connectivity index (χ0n) is 18.2. The van der Waals surface area contributed by atoms with Crippen molar-refractivity contribution in [3.63, 3.8) is 0 Å². The Bertz CT molecular complexity index is 871. The summed E-state index contributed by atoms with van der Waals surface area (Å²) in [6.45, 7) is 8.60. The Morgan fingerprint density at radius 2 is 1.93 bits per heavy atom. The van der Waals surface area contributed by atoms with Gasteiger partial charge in [0.1, 0.15) is 11.6 Å². The van der Waals surface area contributed by atoms with Crippen LogP contribution in [0.2, 0.25) is 0 Å². The van der Waals surface area contributed by atoms with Crippen molar-refractivity contribution < 1.29 is 4.79 Å². The lowest BCUT2D eigenvalue weighted by molar-refractivity contribution is 0.102. The Balaban J connectivity index is 0.00000124. The zero-order valence-corrected chi connectivity index (χ0v) is 18.2. The van der Waals surface area contributed by atoms with Gasteiger partial charge in [-0.1, -0.05) is 20.3 Å². The van der Waals surface area contributed by atoms with Crippen molar-refractivity contribution in [2.45, 2.75) is 52.9 Å². The van der Waals surface area contributed by atoms with E-state index < -0.39 is 0 Å². The highest BCUT2D eigenvalue weighted by Crippen LogP contribution is 2.30. The average molecular weight is 412 g/mol. The third kappa shape index (κ3) is 5.37. The molecule has 8 heteroatoms. The number of carbonyl (C=O) groups excluding carboxylic acids is 1. The second-order valence-corrected chi connectivity index (χ2v) is 7.68. The molecule has 4 heterocycles. The fourth-order valence-electron chi connectivity index (χ4n) is 4.07. The molecule has 0 aliphatic carbocycles. The van der Waals surface area contributed by atoms with Gasteiger partial charge >= 0.3 is 0 Å². The molecule has 30 heavy (non-hydrogen) atoms. The van der Waals surface area contributed by atoms with Gasteiger partial charge in [0, 0.05) is 43.7 Å². The number of carbonyl (C=O) groups is 1. The minimum absolute atomic E-state index is 0.233. The number of hydrogen-bond donors (Lipinski definition) is 3. The standard InChI is InChI=1S/C20H27N7O.C2H6/c1-13-9-18-25-19(28)15-11-23-17(21)10-16(15)27-8-4-6-14(12-27)5-2-3-7-22-20(24-13)26-18;1-2/h9-11,14H,2-8,12H2,1H3,(H2,21,23)(H2,22,24,25,26,28);1-2H3. The predicted octanol–water partition coefficient (Wildman–Crippen LogP) is 3.85. The molecule has 0 saturated carbocycles. The lowest BCUT2D eigenvalue weighted by Gasteiger charge is -2.35. The first kappa shape index (κ1) is 21.8. The predicted molar refractivity (Wildman–Crippen MR) is 122 cm³/mol. The summed E-state index contributed by atoms with van der Waals surface area (Å²) in [6, 6.07) is 3.58. The number of aryl methyl sites for hydroxylation is 1. The Morgan fingerprint density at radius 3 is 2.77 bits per heavy atom. The van der Waals surface area contributed by atoms with E-state index >= 15 is 0 Å². The lowest BCUT2D eigenvalue weighted by Crippen LogP contribution is -2.36. The molecule has 2 aromatic heterocycles. The van der Waals surface area contributed by atoms with Crippen LogP contribution in [0.5, 0.6) is 0 Å². The molecule has 4 N–H and O–H groups in total. The summed E-state index contributed by atoms with van der Waals surface area (Å²) < 4.78 is 0. The maximum Gasteiger partial charge on any atom is 0.260 e. The molecule has 162 valence electrons. The Kier molecular flexibility index (Phi) is 7.43. The Hall–Kier alpha value is -2.90. The van der Waals surface area contributed by atoms with Gasteiger partial charge in [-0.3, -0.25) is 4.79 Å². The molecule has 4 bridgehead atoms. The molecule has 0 radical (unpaired) electrons. The molecule has 1 atom stereocenters. The third-order valence-electron chi connectivity index (χ3n) is 5.43. The maximum atomic E-state index is 13.0. The van der Waals surface area contributed by atoms with E-state index in [9.17, 15) is 4.79 Å². The van der Waals surface area contributed by atoms with Gasteiger partial charge in [-0.2, -0.15) is 4.98 Å². The molecule has 2 aliphatic heterocycles. The molecule has 1 unspecified atom stereocenters. The van der Waals surface area contributed by atoms with Gasteiger partial charge in [-0.15, -0.1) is 0 Å². The van der Waals surface area contributed by atoms with Gasteiger partial charge in [-0.05, 0) is 38.5 Å². The Labute approximate surface area is 178 Å². The van der Waals surface area contributed by atoms with E-state index in [0.717, 1.165) is 50.3 Å². The molecule has 1 fully saturated rings. The molecular formula is C22H33N7O. The van der Waals surface area contributed by atoms with Crippen LogP contribution >= 0.6 is 0 Å². The lowest BCUT2D eigenvalue weighted by atomic mass is 9.92. The van der Waals surface area contributed by atoms with Crippen LogP contribution in [-0.4, -0.2) is 40.5 Å². The average Bonchev–Trinajstić information content (AvgIpc) is 2.74. The molecule has 1 saturated heterocycles. The van der Waals surface area contributed by atoms with E-state index in [1.807, 2.05) is 26.8 Å². The van der Waals surface area contributed by atoms with Crippen LogP contribution in [0.15, 0.2) is 18.3 Å². The number of piperidine rings is 1. The molecular weight excluding hydrogens is 378 g/mol. The first-order valence-corrected chi connectivity index (χ1v) is 11.0. The van der Waals surface area contributed by atoms with Crippen LogP contribution in [-0.2, 0) is 0 Å². The van der Waals surface area contributed by atoms with Gasteiger partial charge in [0.15, 0.2) is 0 Å². The summed E-state index contributed by atoms with van der Waals surface area (Å²) in [5.74, 6) is 1.85. The highest BCUT2D eigenvalue weighted by Gasteiger charge is 2.24. The van der Waals surface area contributed by atoms with Crippen LogP contribution in [0.4, 0.5) is 23.3 Å². The van der Waals surface area contributed by atoms with E-state index in [1.54, 1.807) is 12.3 Å². The molecule has 0 spiro atoms. The van der Waals surface area contributed by atoms with Crippen LogP contribution in [0.3, 0.4) is 0 Å². The van der Waals surface area contributed by atoms with E-state index in [4.69, 9.17) is 5.73 Å². The van der Waals surface area contributed by atoms with Crippen LogP contribution in [0.1, 0.15) is 62.0 Å². The number of nitrogens with zero attached hydrogens (tertiary/aromatic N) is 4. The number of rotatable bonds is 0.